The molecule has 1 aliphatic heterocycles. The van der Waals surface area contributed by atoms with E-state index in [1.54, 1.807) is 16.2 Å². The fraction of sp³-hybridized carbons (Fsp3) is 0.923. The van der Waals surface area contributed by atoms with Crippen molar-refractivity contribution in [1.29, 1.82) is 0 Å². The number of hydrazone groups is 1. The molecule has 0 fully saturated rings. The van der Waals surface area contributed by atoms with E-state index in [0.29, 0.717) is 13.1 Å². The number of hydrogen-bond donors (Lipinski definition) is 0. The van der Waals surface area contributed by atoms with Crippen LogP contribution < -0.4 is 0 Å². The SMILES string of the molecule is CCCCCCN1N=CN(CC(C)(C)C)C1[N+](=O)[O-]. The second-order valence-electron chi connectivity index (χ2n) is 6.32. The Balaban J connectivity index is 2.54. The van der Waals surface area contributed by atoms with Crippen LogP contribution in [0.15, 0.2) is 5.10 Å². The zero-order valence-corrected chi connectivity index (χ0v) is 12.5. The van der Waals surface area contributed by atoms with Gasteiger partial charge in [0, 0.05) is 13.1 Å². The van der Waals surface area contributed by atoms with Crippen molar-refractivity contribution < 1.29 is 4.92 Å². The predicted octanol–water partition coefficient (Wildman–Crippen LogP) is 2.73. The maximum absolute atomic E-state index is 11.2. The quantitative estimate of drug-likeness (QED) is 0.405. The van der Waals surface area contributed by atoms with E-state index in [2.05, 4.69) is 32.8 Å². The predicted molar refractivity (Wildman–Crippen MR) is 76.3 cm³/mol. The first kappa shape index (κ1) is 15.7. The summed E-state index contributed by atoms with van der Waals surface area (Å²) < 4.78 is 0. The van der Waals surface area contributed by atoms with Gasteiger partial charge in [-0.05, 0) is 11.8 Å². The number of nitrogens with zero attached hydrogens (tertiary/aromatic N) is 4. The van der Waals surface area contributed by atoms with E-state index in [4.69, 9.17) is 0 Å². The molecule has 1 heterocycles. The lowest BCUT2D eigenvalue weighted by Gasteiger charge is -2.28. The molecule has 0 aliphatic carbocycles. The Hall–Kier alpha value is -1.33. The normalized spacial score (nSPS) is 19.3. The Morgan fingerprint density at radius 2 is 2.00 bits per heavy atom. The summed E-state index contributed by atoms with van der Waals surface area (Å²) in [7, 11) is 0. The highest BCUT2D eigenvalue weighted by Gasteiger charge is 2.38. The molecule has 0 radical (unpaired) electrons. The molecule has 0 aromatic heterocycles. The van der Waals surface area contributed by atoms with Gasteiger partial charge in [0.2, 0.25) is 0 Å². The molecule has 0 N–H and O–H groups in total. The van der Waals surface area contributed by atoms with Gasteiger partial charge in [0.25, 0.3) is 0 Å². The lowest BCUT2D eigenvalue weighted by Crippen LogP contribution is -2.48. The van der Waals surface area contributed by atoms with Crippen molar-refractivity contribution in [2.24, 2.45) is 10.5 Å². The second-order valence-corrected chi connectivity index (χ2v) is 6.32. The number of hydrogen-bond acceptors (Lipinski definition) is 5. The van der Waals surface area contributed by atoms with Crippen molar-refractivity contribution >= 4 is 6.34 Å². The minimum absolute atomic E-state index is 0.0124. The van der Waals surface area contributed by atoms with Gasteiger partial charge in [-0.3, -0.25) is 15.0 Å². The zero-order chi connectivity index (χ0) is 14.5. The summed E-state index contributed by atoms with van der Waals surface area (Å²) in [6, 6.07) is 0. The molecule has 0 spiro atoms. The summed E-state index contributed by atoms with van der Waals surface area (Å²) in [6.07, 6.45) is 5.18. The van der Waals surface area contributed by atoms with Crippen molar-refractivity contribution in [1.82, 2.24) is 9.91 Å². The fourth-order valence-corrected chi connectivity index (χ4v) is 2.20. The summed E-state index contributed by atoms with van der Waals surface area (Å²) in [5.41, 5.74) is 0.0124. The van der Waals surface area contributed by atoms with Crippen molar-refractivity contribution in [2.45, 2.75) is 59.7 Å². The Bertz CT molecular complexity index is 325. The first-order chi connectivity index (χ1) is 8.85. The molecule has 0 bridgehead atoms. The van der Waals surface area contributed by atoms with Crippen LogP contribution in [0.3, 0.4) is 0 Å². The van der Waals surface area contributed by atoms with E-state index in [1.165, 1.54) is 6.42 Å². The molecule has 1 unspecified atom stereocenters. The van der Waals surface area contributed by atoms with Crippen molar-refractivity contribution in [2.75, 3.05) is 13.1 Å². The Morgan fingerprint density at radius 3 is 2.53 bits per heavy atom. The summed E-state index contributed by atoms with van der Waals surface area (Å²) in [5.74, 6) is 0. The Kier molecular flexibility index (Phi) is 5.57. The highest BCUT2D eigenvalue weighted by atomic mass is 16.6. The van der Waals surface area contributed by atoms with Gasteiger partial charge >= 0.3 is 6.29 Å². The average molecular weight is 270 g/mol. The molecule has 1 rings (SSSR count). The monoisotopic (exact) mass is 270 g/mol. The van der Waals surface area contributed by atoms with Gasteiger partial charge in [-0.1, -0.05) is 47.0 Å². The largest absolute Gasteiger partial charge is 0.383 e. The number of unbranched alkanes of at least 4 members (excludes halogenated alkanes) is 3. The van der Waals surface area contributed by atoms with Gasteiger partial charge in [0.05, 0.1) is 4.92 Å². The highest BCUT2D eigenvalue weighted by molar-refractivity contribution is 5.56. The molecular weight excluding hydrogens is 244 g/mol. The molecule has 1 aliphatic rings. The van der Waals surface area contributed by atoms with Crippen LogP contribution in [0, 0.1) is 15.5 Å². The summed E-state index contributed by atoms with van der Waals surface area (Å²) in [4.78, 5) is 12.7. The maximum atomic E-state index is 11.2. The molecule has 6 heteroatoms. The van der Waals surface area contributed by atoms with Crippen LogP contribution in [0.2, 0.25) is 0 Å². The molecular formula is C13H26N4O2. The molecule has 0 saturated heterocycles. The van der Waals surface area contributed by atoms with Crippen LogP contribution >= 0.6 is 0 Å². The molecule has 1 atom stereocenters. The summed E-state index contributed by atoms with van der Waals surface area (Å²) in [5, 5.41) is 17.0. The zero-order valence-electron chi connectivity index (χ0n) is 12.5. The molecule has 0 saturated carbocycles. The van der Waals surface area contributed by atoms with Crippen LogP contribution in [0.25, 0.3) is 0 Å². The molecule has 19 heavy (non-hydrogen) atoms. The van der Waals surface area contributed by atoms with E-state index in [9.17, 15) is 10.1 Å². The maximum Gasteiger partial charge on any atom is 0.383 e. The van der Waals surface area contributed by atoms with Gasteiger partial charge in [0.1, 0.15) is 6.34 Å². The Morgan fingerprint density at radius 1 is 1.32 bits per heavy atom. The minimum atomic E-state index is -0.833. The third-order valence-electron chi connectivity index (χ3n) is 3.00. The lowest BCUT2D eigenvalue weighted by molar-refractivity contribution is -0.571. The molecule has 0 aromatic carbocycles. The van der Waals surface area contributed by atoms with Crippen LogP contribution in [-0.2, 0) is 0 Å². The van der Waals surface area contributed by atoms with Crippen LogP contribution in [0.5, 0.6) is 0 Å². The minimum Gasteiger partial charge on any atom is -0.278 e. The smallest absolute Gasteiger partial charge is 0.278 e. The molecule has 0 aromatic rings. The van der Waals surface area contributed by atoms with E-state index >= 15 is 0 Å². The van der Waals surface area contributed by atoms with Gasteiger partial charge in [-0.2, -0.15) is 5.10 Å². The van der Waals surface area contributed by atoms with Crippen molar-refractivity contribution in [3.63, 3.8) is 0 Å². The van der Waals surface area contributed by atoms with Crippen molar-refractivity contribution in [3.05, 3.63) is 10.1 Å². The summed E-state index contributed by atoms with van der Waals surface area (Å²) in [6.45, 7) is 9.65. The second kappa shape index (κ2) is 6.73. The van der Waals surface area contributed by atoms with Gasteiger partial charge < -0.3 is 0 Å². The van der Waals surface area contributed by atoms with Crippen LogP contribution in [0.1, 0.15) is 53.4 Å². The number of rotatable bonds is 7. The van der Waals surface area contributed by atoms with Crippen molar-refractivity contribution in [3.8, 4) is 0 Å². The topological polar surface area (TPSA) is 62.0 Å². The van der Waals surface area contributed by atoms with E-state index in [-0.39, 0.29) is 10.3 Å². The molecule has 6 nitrogen and oxygen atoms in total. The third kappa shape index (κ3) is 5.04. The standard InChI is InChI=1S/C13H26N4O2/c1-5-6-7-8-9-16-12(17(18)19)15(11-14-16)10-13(2,3)4/h11-12H,5-10H2,1-4H3. The van der Waals surface area contributed by atoms with E-state index < -0.39 is 6.29 Å². The number of nitro groups is 1. The van der Waals surface area contributed by atoms with Crippen LogP contribution in [-0.4, -0.2) is 40.5 Å². The molecule has 0 amide bonds. The fourth-order valence-electron chi connectivity index (χ4n) is 2.20. The third-order valence-corrected chi connectivity index (χ3v) is 3.00. The van der Waals surface area contributed by atoms with Gasteiger partial charge in [0.15, 0.2) is 0 Å². The first-order valence-electron chi connectivity index (χ1n) is 7.05. The van der Waals surface area contributed by atoms with E-state index in [0.717, 1.165) is 19.3 Å². The summed E-state index contributed by atoms with van der Waals surface area (Å²) >= 11 is 0. The molecule has 110 valence electrons. The van der Waals surface area contributed by atoms with E-state index in [1.807, 2.05) is 0 Å². The van der Waals surface area contributed by atoms with Crippen LogP contribution in [0.4, 0.5) is 0 Å². The van der Waals surface area contributed by atoms with Gasteiger partial charge in [-0.25, -0.2) is 5.01 Å². The van der Waals surface area contributed by atoms with Gasteiger partial charge in [-0.15, -0.1) is 0 Å². The Labute approximate surface area is 115 Å². The average Bonchev–Trinajstić information content (AvgIpc) is 2.65. The highest BCUT2D eigenvalue weighted by Crippen LogP contribution is 2.21. The first-order valence-corrected chi connectivity index (χ1v) is 7.05. The lowest BCUT2D eigenvalue weighted by atomic mass is 9.96.